The topological polar surface area (TPSA) is 81.0 Å². The molecule has 0 saturated heterocycles. The van der Waals surface area contributed by atoms with Gasteiger partial charge in [0, 0.05) is 11.6 Å². The van der Waals surface area contributed by atoms with E-state index in [9.17, 15) is 10.1 Å². The highest BCUT2D eigenvalue weighted by Gasteiger charge is 2.21. The van der Waals surface area contributed by atoms with Gasteiger partial charge in [-0.15, -0.1) is 0 Å². The molecular formula is C11H8Cl2N4O2. The normalized spacial score (nSPS) is 10.2. The molecule has 8 heteroatoms. The van der Waals surface area contributed by atoms with Gasteiger partial charge in [-0.2, -0.15) is 0 Å². The number of hydrogen-bond donors (Lipinski definition) is 1. The minimum atomic E-state index is -0.619. The number of nitrogens with zero attached hydrogens (tertiary/aromatic N) is 3. The molecule has 1 aromatic heterocycles. The summed E-state index contributed by atoms with van der Waals surface area (Å²) in [6.07, 6.45) is 1.17. The van der Waals surface area contributed by atoms with E-state index in [1.165, 1.54) is 6.33 Å². The van der Waals surface area contributed by atoms with Crippen LogP contribution in [-0.4, -0.2) is 14.9 Å². The van der Waals surface area contributed by atoms with Crippen LogP contribution in [-0.2, 0) is 6.54 Å². The van der Waals surface area contributed by atoms with E-state index >= 15 is 0 Å². The summed E-state index contributed by atoms with van der Waals surface area (Å²) in [7, 11) is 0. The molecular weight excluding hydrogens is 291 g/mol. The van der Waals surface area contributed by atoms with Gasteiger partial charge in [-0.25, -0.2) is 9.97 Å². The second-order valence-electron chi connectivity index (χ2n) is 3.60. The van der Waals surface area contributed by atoms with Crippen LogP contribution in [0.4, 0.5) is 11.5 Å². The lowest BCUT2D eigenvalue weighted by Gasteiger charge is -2.06. The molecule has 1 N–H and O–H groups in total. The standard InChI is InChI=1S/C11H8Cl2N4O2/c12-8-3-1-7(2-4-8)5-14-11-9(17(18)19)10(13)15-6-16-11/h1-4,6H,5H2,(H,14,15,16). The maximum Gasteiger partial charge on any atom is 0.348 e. The van der Waals surface area contributed by atoms with Gasteiger partial charge in [-0.05, 0) is 17.7 Å². The summed E-state index contributed by atoms with van der Waals surface area (Å²) in [6, 6.07) is 7.09. The third-order valence-electron chi connectivity index (χ3n) is 2.33. The van der Waals surface area contributed by atoms with Crippen molar-refractivity contribution in [3.05, 3.63) is 56.4 Å². The van der Waals surface area contributed by atoms with Crippen molar-refractivity contribution in [1.82, 2.24) is 9.97 Å². The molecule has 0 amide bonds. The molecule has 19 heavy (non-hydrogen) atoms. The zero-order valence-corrected chi connectivity index (χ0v) is 11.0. The third kappa shape index (κ3) is 3.30. The van der Waals surface area contributed by atoms with Crippen molar-refractivity contribution < 1.29 is 4.92 Å². The summed E-state index contributed by atoms with van der Waals surface area (Å²) < 4.78 is 0. The van der Waals surface area contributed by atoms with E-state index in [0.29, 0.717) is 11.6 Å². The fourth-order valence-corrected chi connectivity index (χ4v) is 1.76. The first-order valence-corrected chi connectivity index (χ1v) is 5.96. The molecule has 0 atom stereocenters. The predicted molar refractivity (Wildman–Crippen MR) is 72.5 cm³/mol. The third-order valence-corrected chi connectivity index (χ3v) is 2.86. The number of nitro groups is 1. The Morgan fingerprint density at radius 2 is 1.89 bits per heavy atom. The second kappa shape index (κ2) is 5.81. The Balaban J connectivity index is 2.18. The Hall–Kier alpha value is -1.92. The summed E-state index contributed by atoms with van der Waals surface area (Å²) in [6.45, 7) is 0.366. The van der Waals surface area contributed by atoms with Crippen LogP contribution in [0.25, 0.3) is 0 Å². The SMILES string of the molecule is O=[N+]([O-])c1c(Cl)ncnc1NCc1ccc(Cl)cc1. The van der Waals surface area contributed by atoms with Gasteiger partial charge in [-0.1, -0.05) is 35.3 Å². The molecule has 1 heterocycles. The molecule has 0 bridgehead atoms. The van der Waals surface area contributed by atoms with Crippen LogP contribution in [0.2, 0.25) is 10.2 Å². The average Bonchev–Trinajstić information content (AvgIpc) is 2.37. The van der Waals surface area contributed by atoms with Gasteiger partial charge in [0.15, 0.2) is 0 Å². The summed E-state index contributed by atoms with van der Waals surface area (Å²) >= 11 is 11.4. The Morgan fingerprint density at radius 3 is 2.53 bits per heavy atom. The smallest absolute Gasteiger partial charge is 0.348 e. The molecule has 0 aliphatic heterocycles. The maximum atomic E-state index is 10.9. The fourth-order valence-electron chi connectivity index (χ4n) is 1.44. The lowest BCUT2D eigenvalue weighted by molar-refractivity contribution is -0.384. The molecule has 6 nitrogen and oxygen atoms in total. The first kappa shape index (κ1) is 13.5. The molecule has 0 spiro atoms. The summed E-state index contributed by atoms with van der Waals surface area (Å²) in [5.74, 6) is 0.0833. The lowest BCUT2D eigenvalue weighted by atomic mass is 10.2. The van der Waals surface area contributed by atoms with Crippen molar-refractivity contribution >= 4 is 34.7 Å². The summed E-state index contributed by atoms with van der Waals surface area (Å²) in [5, 5.41) is 14.2. The van der Waals surface area contributed by atoms with Gasteiger partial charge < -0.3 is 5.32 Å². The van der Waals surface area contributed by atoms with Crippen LogP contribution in [0.15, 0.2) is 30.6 Å². The van der Waals surface area contributed by atoms with E-state index in [4.69, 9.17) is 23.2 Å². The zero-order valence-electron chi connectivity index (χ0n) is 9.51. The van der Waals surface area contributed by atoms with Crippen LogP contribution in [0.3, 0.4) is 0 Å². The van der Waals surface area contributed by atoms with Crippen LogP contribution in [0.5, 0.6) is 0 Å². The number of anilines is 1. The number of halogens is 2. The fraction of sp³-hybridized carbons (Fsp3) is 0.0909. The van der Waals surface area contributed by atoms with Crippen molar-refractivity contribution in [2.45, 2.75) is 6.54 Å². The molecule has 0 aliphatic rings. The van der Waals surface area contributed by atoms with Crippen molar-refractivity contribution in [3.8, 4) is 0 Å². The van der Waals surface area contributed by atoms with E-state index in [0.717, 1.165) is 5.56 Å². The van der Waals surface area contributed by atoms with E-state index < -0.39 is 4.92 Å². The molecule has 2 rings (SSSR count). The maximum absolute atomic E-state index is 10.9. The summed E-state index contributed by atoms with van der Waals surface area (Å²) in [4.78, 5) is 17.7. The average molecular weight is 299 g/mol. The van der Waals surface area contributed by atoms with Gasteiger partial charge in [0.1, 0.15) is 6.33 Å². The van der Waals surface area contributed by atoms with E-state index in [2.05, 4.69) is 15.3 Å². The van der Waals surface area contributed by atoms with Crippen LogP contribution in [0.1, 0.15) is 5.56 Å². The van der Waals surface area contributed by atoms with Crippen LogP contribution >= 0.6 is 23.2 Å². The number of rotatable bonds is 4. The molecule has 0 saturated carbocycles. The molecule has 0 unspecified atom stereocenters. The van der Waals surface area contributed by atoms with Crippen LogP contribution in [0, 0.1) is 10.1 Å². The van der Waals surface area contributed by atoms with Gasteiger partial charge in [-0.3, -0.25) is 10.1 Å². The highest BCUT2D eigenvalue weighted by molar-refractivity contribution is 6.31. The first-order chi connectivity index (χ1) is 9.08. The summed E-state index contributed by atoms with van der Waals surface area (Å²) in [5.41, 5.74) is 0.576. The Morgan fingerprint density at radius 1 is 1.21 bits per heavy atom. The Labute approximate surface area is 118 Å². The van der Waals surface area contributed by atoms with Crippen molar-refractivity contribution in [3.63, 3.8) is 0 Å². The number of nitrogens with one attached hydrogen (secondary N) is 1. The minimum Gasteiger partial charge on any atom is -0.360 e. The highest BCUT2D eigenvalue weighted by atomic mass is 35.5. The van der Waals surface area contributed by atoms with E-state index in [1.807, 2.05) is 12.1 Å². The quantitative estimate of drug-likeness (QED) is 0.532. The largest absolute Gasteiger partial charge is 0.360 e. The predicted octanol–water partition coefficient (Wildman–Crippen LogP) is 3.30. The molecule has 0 aliphatic carbocycles. The van der Waals surface area contributed by atoms with Crippen molar-refractivity contribution in [2.24, 2.45) is 0 Å². The van der Waals surface area contributed by atoms with Gasteiger partial charge in [0.2, 0.25) is 11.0 Å². The lowest BCUT2D eigenvalue weighted by Crippen LogP contribution is -2.05. The van der Waals surface area contributed by atoms with Crippen molar-refractivity contribution in [2.75, 3.05) is 5.32 Å². The minimum absolute atomic E-state index is 0.0833. The molecule has 0 radical (unpaired) electrons. The number of aromatic nitrogens is 2. The van der Waals surface area contributed by atoms with Gasteiger partial charge in [0.05, 0.1) is 4.92 Å². The van der Waals surface area contributed by atoms with Crippen LogP contribution < -0.4 is 5.32 Å². The van der Waals surface area contributed by atoms with Gasteiger partial charge in [0.25, 0.3) is 0 Å². The molecule has 98 valence electrons. The van der Waals surface area contributed by atoms with E-state index in [1.54, 1.807) is 12.1 Å². The highest BCUT2D eigenvalue weighted by Crippen LogP contribution is 2.28. The van der Waals surface area contributed by atoms with E-state index in [-0.39, 0.29) is 16.7 Å². The second-order valence-corrected chi connectivity index (χ2v) is 4.39. The first-order valence-electron chi connectivity index (χ1n) is 5.21. The molecule has 1 aromatic carbocycles. The monoisotopic (exact) mass is 298 g/mol. The Kier molecular flexibility index (Phi) is 4.13. The zero-order chi connectivity index (χ0) is 13.8. The van der Waals surface area contributed by atoms with Crippen molar-refractivity contribution in [1.29, 1.82) is 0 Å². The Bertz CT molecular complexity index is 604. The molecule has 0 fully saturated rings. The number of hydrogen-bond acceptors (Lipinski definition) is 5. The number of benzene rings is 1. The molecule has 2 aromatic rings. The van der Waals surface area contributed by atoms with Gasteiger partial charge >= 0.3 is 5.69 Å².